The van der Waals surface area contributed by atoms with E-state index in [1.807, 2.05) is 31.2 Å². The van der Waals surface area contributed by atoms with Crippen LogP contribution < -0.4 is 4.74 Å². The molecular weight excluding hydrogens is 405 g/mol. The van der Waals surface area contributed by atoms with Gasteiger partial charge in [0.05, 0.1) is 5.69 Å². The van der Waals surface area contributed by atoms with Crippen molar-refractivity contribution < 1.29 is 22.3 Å². The standard InChI is InChI=1S/C24H25F3N2O2/c1-16-4-3-14-29(16)15-13-22-17(2)30-23(28-22)20-7-5-18(6-8-20)19-9-11-21(12-10-19)31-24(25,26)27/h5-12,16H,3-4,13-15H2,1-2H3. The average molecular weight is 430 g/mol. The van der Waals surface area contributed by atoms with Gasteiger partial charge in [-0.1, -0.05) is 24.3 Å². The van der Waals surface area contributed by atoms with Crippen molar-refractivity contribution in [1.82, 2.24) is 9.88 Å². The van der Waals surface area contributed by atoms with Gasteiger partial charge < -0.3 is 14.1 Å². The van der Waals surface area contributed by atoms with Crippen LogP contribution in [0.25, 0.3) is 22.6 Å². The van der Waals surface area contributed by atoms with E-state index in [1.165, 1.54) is 25.0 Å². The summed E-state index contributed by atoms with van der Waals surface area (Å²) in [6.07, 6.45) is -1.31. The third-order valence-corrected chi connectivity index (χ3v) is 5.77. The van der Waals surface area contributed by atoms with Gasteiger partial charge in [0.25, 0.3) is 0 Å². The summed E-state index contributed by atoms with van der Waals surface area (Å²) in [5, 5.41) is 0. The molecule has 1 atom stereocenters. The van der Waals surface area contributed by atoms with Gasteiger partial charge in [-0.3, -0.25) is 0 Å². The molecule has 0 aliphatic carbocycles. The van der Waals surface area contributed by atoms with Gasteiger partial charge in [-0.05, 0) is 68.6 Å². The molecule has 0 N–H and O–H groups in total. The van der Waals surface area contributed by atoms with Gasteiger partial charge in [-0.25, -0.2) is 4.98 Å². The Morgan fingerprint density at radius 3 is 2.23 bits per heavy atom. The highest BCUT2D eigenvalue weighted by atomic mass is 19.4. The Kier molecular flexibility index (Phi) is 6.05. The highest BCUT2D eigenvalue weighted by Gasteiger charge is 2.31. The van der Waals surface area contributed by atoms with Gasteiger partial charge in [0.2, 0.25) is 5.89 Å². The highest BCUT2D eigenvalue weighted by molar-refractivity contribution is 5.68. The smallest absolute Gasteiger partial charge is 0.441 e. The number of nitrogens with zero attached hydrogens (tertiary/aromatic N) is 2. The largest absolute Gasteiger partial charge is 0.573 e. The molecule has 1 aromatic heterocycles. The van der Waals surface area contributed by atoms with E-state index in [4.69, 9.17) is 9.40 Å². The van der Waals surface area contributed by atoms with Crippen LogP contribution in [-0.4, -0.2) is 35.4 Å². The van der Waals surface area contributed by atoms with Crippen LogP contribution in [-0.2, 0) is 6.42 Å². The Hall–Kier alpha value is -2.80. The van der Waals surface area contributed by atoms with Crippen LogP contribution in [0.3, 0.4) is 0 Å². The van der Waals surface area contributed by atoms with Crippen LogP contribution >= 0.6 is 0 Å². The van der Waals surface area contributed by atoms with E-state index in [0.717, 1.165) is 47.7 Å². The minimum atomic E-state index is -4.69. The van der Waals surface area contributed by atoms with Gasteiger partial charge >= 0.3 is 6.36 Å². The number of oxazole rings is 1. The minimum Gasteiger partial charge on any atom is -0.441 e. The molecule has 4 rings (SSSR count). The first kappa shape index (κ1) is 21.4. The van der Waals surface area contributed by atoms with Gasteiger partial charge in [-0.2, -0.15) is 0 Å². The molecule has 0 amide bonds. The molecule has 1 fully saturated rings. The summed E-state index contributed by atoms with van der Waals surface area (Å²) in [5.74, 6) is 1.19. The zero-order valence-corrected chi connectivity index (χ0v) is 17.6. The normalized spacial score (nSPS) is 17.3. The van der Waals surface area contributed by atoms with E-state index in [-0.39, 0.29) is 5.75 Å². The molecule has 0 bridgehead atoms. The van der Waals surface area contributed by atoms with E-state index in [9.17, 15) is 13.2 Å². The van der Waals surface area contributed by atoms with E-state index >= 15 is 0 Å². The number of ether oxygens (including phenoxy) is 1. The van der Waals surface area contributed by atoms with Crippen molar-refractivity contribution in [2.24, 2.45) is 0 Å². The molecule has 7 heteroatoms. The maximum absolute atomic E-state index is 12.3. The minimum absolute atomic E-state index is 0.237. The molecule has 0 saturated carbocycles. The Labute approximate surface area is 179 Å². The Morgan fingerprint density at radius 2 is 1.65 bits per heavy atom. The first-order valence-corrected chi connectivity index (χ1v) is 10.5. The summed E-state index contributed by atoms with van der Waals surface area (Å²) < 4.78 is 46.7. The SMILES string of the molecule is Cc1oc(-c2ccc(-c3ccc(OC(F)(F)F)cc3)cc2)nc1CCN1CCCC1C. The molecular formula is C24H25F3N2O2. The number of halogens is 3. The number of aryl methyl sites for hydroxylation is 1. The molecule has 1 saturated heterocycles. The molecule has 1 unspecified atom stereocenters. The maximum atomic E-state index is 12.3. The van der Waals surface area contributed by atoms with Gasteiger partial charge in [-0.15, -0.1) is 13.2 Å². The van der Waals surface area contributed by atoms with Gasteiger partial charge in [0, 0.05) is 24.6 Å². The van der Waals surface area contributed by atoms with E-state index in [1.54, 1.807) is 12.1 Å². The fourth-order valence-electron chi connectivity index (χ4n) is 4.01. The summed E-state index contributed by atoms with van der Waals surface area (Å²) in [7, 11) is 0. The van der Waals surface area contributed by atoms with Gasteiger partial charge in [0.15, 0.2) is 0 Å². The lowest BCUT2D eigenvalue weighted by Crippen LogP contribution is -2.29. The Balaban J connectivity index is 1.43. The molecule has 0 spiro atoms. The zero-order valence-electron chi connectivity index (χ0n) is 17.6. The molecule has 0 radical (unpaired) electrons. The van der Waals surface area contributed by atoms with E-state index in [2.05, 4.69) is 16.6 Å². The fraction of sp³-hybridized carbons (Fsp3) is 0.375. The average Bonchev–Trinajstić information content (AvgIpc) is 3.31. The molecule has 3 aromatic rings. The number of alkyl halides is 3. The number of hydrogen-bond acceptors (Lipinski definition) is 4. The van der Waals surface area contributed by atoms with Crippen molar-refractivity contribution in [3.05, 3.63) is 60.0 Å². The molecule has 2 heterocycles. The van der Waals surface area contributed by atoms with Crippen LogP contribution in [0.1, 0.15) is 31.2 Å². The summed E-state index contributed by atoms with van der Waals surface area (Å²) in [6, 6.07) is 14.1. The lowest BCUT2D eigenvalue weighted by atomic mass is 10.0. The molecule has 4 nitrogen and oxygen atoms in total. The predicted molar refractivity (Wildman–Crippen MR) is 113 cm³/mol. The number of likely N-dealkylation sites (tertiary alicyclic amines) is 1. The summed E-state index contributed by atoms with van der Waals surface area (Å²) in [4.78, 5) is 7.19. The summed E-state index contributed by atoms with van der Waals surface area (Å²) in [6.45, 7) is 6.35. The summed E-state index contributed by atoms with van der Waals surface area (Å²) in [5.41, 5.74) is 3.53. The zero-order chi connectivity index (χ0) is 22.0. The second-order valence-electron chi connectivity index (χ2n) is 7.95. The second kappa shape index (κ2) is 8.75. The monoisotopic (exact) mass is 430 g/mol. The first-order chi connectivity index (χ1) is 14.8. The van der Waals surface area contributed by atoms with Crippen LogP contribution in [0.15, 0.2) is 52.9 Å². The van der Waals surface area contributed by atoms with Crippen LogP contribution in [0, 0.1) is 6.92 Å². The van der Waals surface area contributed by atoms with Crippen molar-refractivity contribution in [1.29, 1.82) is 0 Å². The number of aromatic nitrogens is 1. The van der Waals surface area contributed by atoms with Crippen molar-refractivity contribution in [3.63, 3.8) is 0 Å². The van der Waals surface area contributed by atoms with Crippen molar-refractivity contribution in [2.75, 3.05) is 13.1 Å². The lowest BCUT2D eigenvalue weighted by molar-refractivity contribution is -0.274. The quantitative estimate of drug-likeness (QED) is 0.464. The third-order valence-electron chi connectivity index (χ3n) is 5.77. The Morgan fingerprint density at radius 1 is 1.03 bits per heavy atom. The van der Waals surface area contributed by atoms with Crippen LogP contribution in [0.2, 0.25) is 0 Å². The molecule has 1 aliphatic heterocycles. The third kappa shape index (κ3) is 5.28. The number of hydrogen-bond donors (Lipinski definition) is 0. The number of benzene rings is 2. The number of rotatable bonds is 6. The van der Waals surface area contributed by atoms with Crippen LogP contribution in [0.4, 0.5) is 13.2 Å². The Bertz CT molecular complexity index is 1010. The second-order valence-corrected chi connectivity index (χ2v) is 7.95. The summed E-state index contributed by atoms with van der Waals surface area (Å²) >= 11 is 0. The molecule has 2 aromatic carbocycles. The first-order valence-electron chi connectivity index (χ1n) is 10.5. The van der Waals surface area contributed by atoms with Crippen LogP contribution in [0.5, 0.6) is 5.75 Å². The molecule has 1 aliphatic rings. The molecule has 31 heavy (non-hydrogen) atoms. The lowest BCUT2D eigenvalue weighted by Gasteiger charge is -2.20. The van der Waals surface area contributed by atoms with E-state index in [0.29, 0.717) is 11.9 Å². The predicted octanol–water partition coefficient (Wildman–Crippen LogP) is 6.24. The fourth-order valence-corrected chi connectivity index (χ4v) is 4.01. The topological polar surface area (TPSA) is 38.5 Å². The highest BCUT2D eigenvalue weighted by Crippen LogP contribution is 2.29. The van der Waals surface area contributed by atoms with Crippen molar-refractivity contribution in [3.8, 4) is 28.3 Å². The van der Waals surface area contributed by atoms with E-state index < -0.39 is 6.36 Å². The maximum Gasteiger partial charge on any atom is 0.573 e. The van der Waals surface area contributed by atoms with Crippen molar-refractivity contribution >= 4 is 0 Å². The van der Waals surface area contributed by atoms with Crippen molar-refractivity contribution in [2.45, 2.75) is 45.5 Å². The molecule has 164 valence electrons. The van der Waals surface area contributed by atoms with Gasteiger partial charge in [0.1, 0.15) is 11.5 Å².